The van der Waals surface area contributed by atoms with Gasteiger partial charge in [0, 0.05) is 6.04 Å². The third-order valence-corrected chi connectivity index (χ3v) is 1.32. The maximum Gasteiger partial charge on any atom is 0.337 e. The fourth-order valence-corrected chi connectivity index (χ4v) is 0.195. The number of carbonyl (C=O) groups is 1. The summed E-state index contributed by atoms with van der Waals surface area (Å²) >= 11 is 0. The lowest BCUT2D eigenvalue weighted by Gasteiger charge is -2.21. The lowest BCUT2D eigenvalue weighted by atomic mass is 10.00. The first-order chi connectivity index (χ1) is 3.89. The zero-order valence-electron chi connectivity index (χ0n) is 5.46. The molecule has 0 aromatic rings. The van der Waals surface area contributed by atoms with Crippen LogP contribution >= 0.6 is 0 Å². The average Bonchev–Trinajstić information content (AvgIpc) is 1.65. The second-order valence-corrected chi connectivity index (χ2v) is 2.24. The number of carboxylic acid groups (broad SMARTS) is 1. The zero-order valence-corrected chi connectivity index (χ0v) is 5.46. The summed E-state index contributed by atoms with van der Waals surface area (Å²) in [6.45, 7) is 2.61. The van der Waals surface area contributed by atoms with Crippen molar-refractivity contribution in [2.24, 2.45) is 5.73 Å². The van der Waals surface area contributed by atoms with E-state index in [1.54, 1.807) is 0 Å². The van der Waals surface area contributed by atoms with Gasteiger partial charge in [-0.05, 0) is 13.8 Å². The molecule has 4 heteroatoms. The molecule has 0 aliphatic carbocycles. The predicted molar refractivity (Wildman–Crippen MR) is 31.9 cm³/mol. The van der Waals surface area contributed by atoms with E-state index in [9.17, 15) is 4.79 Å². The van der Waals surface area contributed by atoms with Crippen molar-refractivity contribution in [1.29, 1.82) is 0 Å². The lowest BCUT2D eigenvalue weighted by molar-refractivity contribution is -0.158. The Morgan fingerprint density at radius 1 is 1.78 bits per heavy atom. The summed E-state index contributed by atoms with van der Waals surface area (Å²) in [5, 5.41) is 17.2. The van der Waals surface area contributed by atoms with Crippen molar-refractivity contribution in [3.05, 3.63) is 0 Å². The van der Waals surface area contributed by atoms with Gasteiger partial charge in [0.1, 0.15) is 0 Å². The van der Waals surface area contributed by atoms with Crippen molar-refractivity contribution >= 4 is 5.97 Å². The fourth-order valence-electron chi connectivity index (χ4n) is 0.195. The zero-order chi connectivity index (χ0) is 7.65. The van der Waals surface area contributed by atoms with Gasteiger partial charge in [-0.25, -0.2) is 4.79 Å². The van der Waals surface area contributed by atoms with Gasteiger partial charge in [-0.15, -0.1) is 0 Å². The maximum atomic E-state index is 10.1. The summed E-state index contributed by atoms with van der Waals surface area (Å²) < 4.78 is 0. The molecule has 0 heterocycles. The maximum absolute atomic E-state index is 10.1. The number of aliphatic hydroxyl groups is 1. The van der Waals surface area contributed by atoms with Crippen LogP contribution in [-0.4, -0.2) is 27.8 Å². The van der Waals surface area contributed by atoms with Crippen molar-refractivity contribution in [2.45, 2.75) is 25.5 Å². The van der Waals surface area contributed by atoms with Crippen LogP contribution in [0.15, 0.2) is 0 Å². The molecule has 9 heavy (non-hydrogen) atoms. The van der Waals surface area contributed by atoms with E-state index < -0.39 is 17.6 Å². The van der Waals surface area contributed by atoms with Crippen LogP contribution in [0.2, 0.25) is 0 Å². The highest BCUT2D eigenvalue weighted by Crippen LogP contribution is 2.06. The minimum atomic E-state index is -1.81. The summed E-state index contributed by atoms with van der Waals surface area (Å²) in [6.07, 6.45) is 0. The van der Waals surface area contributed by atoms with E-state index in [0.717, 1.165) is 0 Å². The first kappa shape index (κ1) is 8.39. The van der Waals surface area contributed by atoms with Gasteiger partial charge in [-0.3, -0.25) is 0 Å². The second kappa shape index (κ2) is 2.33. The van der Waals surface area contributed by atoms with Crippen LogP contribution < -0.4 is 5.73 Å². The molecule has 54 valence electrons. The summed E-state index contributed by atoms with van der Waals surface area (Å²) in [4.78, 5) is 10.1. The third-order valence-electron chi connectivity index (χ3n) is 1.32. The highest BCUT2D eigenvalue weighted by Gasteiger charge is 2.33. The molecule has 0 spiro atoms. The Balaban J connectivity index is 4.19. The first-order valence-corrected chi connectivity index (χ1v) is 2.60. The summed E-state index contributed by atoms with van der Waals surface area (Å²) in [6, 6.07) is -0.755. The minimum absolute atomic E-state index is 0.755. The normalized spacial score (nSPS) is 20.4. The highest BCUT2D eigenvalue weighted by atomic mass is 16.4. The van der Waals surface area contributed by atoms with Gasteiger partial charge in [-0.1, -0.05) is 0 Å². The molecule has 0 saturated heterocycles. The standard InChI is InChI=1S/C5H11NO3/c1-3(6)5(2,9)4(7)8/h3,9H,6H2,1-2H3,(H,7,8). The Hall–Kier alpha value is -0.610. The molecule has 0 aromatic carbocycles. The second-order valence-electron chi connectivity index (χ2n) is 2.24. The van der Waals surface area contributed by atoms with Crippen molar-refractivity contribution < 1.29 is 15.0 Å². The Kier molecular flexibility index (Phi) is 2.17. The molecule has 0 aliphatic rings. The lowest BCUT2D eigenvalue weighted by Crippen LogP contribution is -2.49. The number of aliphatic carboxylic acids is 1. The van der Waals surface area contributed by atoms with Crippen LogP contribution in [0.25, 0.3) is 0 Å². The van der Waals surface area contributed by atoms with Gasteiger partial charge in [0.25, 0.3) is 0 Å². The average molecular weight is 133 g/mol. The molecule has 2 atom stereocenters. The van der Waals surface area contributed by atoms with Gasteiger partial charge in [-0.2, -0.15) is 0 Å². The van der Waals surface area contributed by atoms with Gasteiger partial charge >= 0.3 is 5.97 Å². The Morgan fingerprint density at radius 3 is 2.11 bits per heavy atom. The van der Waals surface area contributed by atoms with Crippen molar-refractivity contribution in [2.75, 3.05) is 0 Å². The monoisotopic (exact) mass is 133 g/mol. The number of rotatable bonds is 2. The topological polar surface area (TPSA) is 83.5 Å². The number of carboxylic acids is 1. The molecular weight excluding hydrogens is 122 g/mol. The number of hydrogen-bond donors (Lipinski definition) is 3. The fraction of sp³-hybridized carbons (Fsp3) is 0.800. The summed E-state index contributed by atoms with van der Waals surface area (Å²) in [7, 11) is 0. The van der Waals surface area contributed by atoms with Crippen LogP contribution in [0, 0.1) is 0 Å². The summed E-state index contributed by atoms with van der Waals surface area (Å²) in [5.41, 5.74) is 3.33. The van der Waals surface area contributed by atoms with Gasteiger partial charge in [0.15, 0.2) is 5.60 Å². The van der Waals surface area contributed by atoms with E-state index in [-0.39, 0.29) is 0 Å². The highest BCUT2D eigenvalue weighted by molar-refractivity contribution is 5.77. The van der Waals surface area contributed by atoms with Crippen LogP contribution in [0.4, 0.5) is 0 Å². The molecule has 0 bridgehead atoms. The van der Waals surface area contributed by atoms with E-state index in [1.807, 2.05) is 0 Å². The van der Waals surface area contributed by atoms with Crippen LogP contribution in [0.1, 0.15) is 13.8 Å². The largest absolute Gasteiger partial charge is 0.479 e. The molecule has 0 fully saturated rings. The number of nitrogens with two attached hydrogens (primary N) is 1. The van der Waals surface area contributed by atoms with E-state index in [2.05, 4.69) is 0 Å². The van der Waals surface area contributed by atoms with Crippen molar-refractivity contribution in [1.82, 2.24) is 0 Å². The molecule has 0 saturated carbocycles. The van der Waals surface area contributed by atoms with Crippen molar-refractivity contribution in [3.8, 4) is 0 Å². The van der Waals surface area contributed by atoms with E-state index >= 15 is 0 Å². The molecule has 0 aromatic heterocycles. The Bertz CT molecular complexity index is 119. The van der Waals surface area contributed by atoms with Gasteiger partial charge in [0.2, 0.25) is 0 Å². The Labute approximate surface area is 53.3 Å². The number of hydrogen-bond acceptors (Lipinski definition) is 3. The molecule has 0 amide bonds. The minimum Gasteiger partial charge on any atom is -0.479 e. The van der Waals surface area contributed by atoms with Gasteiger partial charge < -0.3 is 15.9 Å². The molecule has 2 unspecified atom stereocenters. The summed E-state index contributed by atoms with van der Waals surface area (Å²) in [5.74, 6) is -1.29. The first-order valence-electron chi connectivity index (χ1n) is 2.60. The molecule has 0 radical (unpaired) electrons. The molecular formula is C5H11NO3. The van der Waals surface area contributed by atoms with Crippen LogP contribution in [-0.2, 0) is 4.79 Å². The quantitative estimate of drug-likeness (QED) is 0.459. The SMILES string of the molecule is CC(N)C(C)(O)C(=O)O. The Morgan fingerprint density at radius 2 is 2.11 bits per heavy atom. The van der Waals surface area contributed by atoms with Crippen LogP contribution in [0.5, 0.6) is 0 Å². The van der Waals surface area contributed by atoms with E-state index in [1.165, 1.54) is 13.8 Å². The smallest absolute Gasteiger partial charge is 0.337 e. The third kappa shape index (κ3) is 1.65. The molecule has 4 N–H and O–H groups in total. The van der Waals surface area contributed by atoms with Gasteiger partial charge in [0.05, 0.1) is 0 Å². The van der Waals surface area contributed by atoms with E-state index in [0.29, 0.717) is 0 Å². The molecule has 0 aliphatic heterocycles. The van der Waals surface area contributed by atoms with Crippen molar-refractivity contribution in [3.63, 3.8) is 0 Å². The molecule has 4 nitrogen and oxygen atoms in total. The van der Waals surface area contributed by atoms with Crippen LogP contribution in [0.3, 0.4) is 0 Å². The molecule has 0 rings (SSSR count). The predicted octanol–water partition coefficient (Wildman–Crippen LogP) is -0.831. The van der Waals surface area contributed by atoms with E-state index in [4.69, 9.17) is 15.9 Å².